The molecule has 2 rings (SSSR count). The third kappa shape index (κ3) is 3.87. The van der Waals surface area contributed by atoms with Crippen LogP contribution in [0, 0.1) is 6.92 Å². The molecule has 0 saturated carbocycles. The molecule has 0 unspecified atom stereocenters. The highest BCUT2D eigenvalue weighted by atomic mass is 35.5. The van der Waals surface area contributed by atoms with E-state index in [1.54, 1.807) is 0 Å². The van der Waals surface area contributed by atoms with E-state index in [0.29, 0.717) is 6.61 Å². The van der Waals surface area contributed by atoms with E-state index in [-0.39, 0.29) is 0 Å². The van der Waals surface area contributed by atoms with Crippen LogP contribution in [0.1, 0.15) is 11.1 Å². The van der Waals surface area contributed by atoms with E-state index in [0.717, 1.165) is 16.3 Å². The second kappa shape index (κ2) is 6.02. The molecule has 0 aliphatic heterocycles. The zero-order valence-electron chi connectivity index (χ0n) is 12.5. The highest BCUT2D eigenvalue weighted by Gasteiger charge is 2.15. The summed E-state index contributed by atoms with van der Waals surface area (Å²) in [5.41, 5.74) is 2.23. The van der Waals surface area contributed by atoms with Crippen molar-refractivity contribution in [3.05, 3.63) is 58.6 Å². The molecule has 106 valence electrons. The first-order valence-electron chi connectivity index (χ1n) is 6.84. The molecule has 2 aromatic carbocycles. The Hall–Kier alpha value is -1.25. The summed E-state index contributed by atoms with van der Waals surface area (Å²) in [6, 6.07) is 14.5. The van der Waals surface area contributed by atoms with Gasteiger partial charge in [-0.05, 0) is 36.2 Å². The maximum Gasteiger partial charge on any atom is 0.120 e. The molecule has 0 N–H and O–H groups in total. The average molecular weight is 305 g/mol. The zero-order valence-corrected chi connectivity index (χ0v) is 14.3. The summed E-state index contributed by atoms with van der Waals surface area (Å²) < 4.78 is 5.81. The van der Waals surface area contributed by atoms with E-state index in [1.165, 1.54) is 10.8 Å². The van der Waals surface area contributed by atoms with E-state index in [9.17, 15) is 0 Å². The lowest BCUT2D eigenvalue weighted by molar-refractivity contribution is 0.306. The van der Waals surface area contributed by atoms with Crippen LogP contribution >= 0.6 is 11.6 Å². The summed E-state index contributed by atoms with van der Waals surface area (Å²) in [6.07, 6.45) is 0. The van der Waals surface area contributed by atoms with E-state index < -0.39 is 8.07 Å². The Balaban J connectivity index is 2.02. The monoisotopic (exact) mass is 304 g/mol. The van der Waals surface area contributed by atoms with Gasteiger partial charge in [0.2, 0.25) is 0 Å². The summed E-state index contributed by atoms with van der Waals surface area (Å²) in [5.74, 6) is 0.862. The maximum absolute atomic E-state index is 6.01. The summed E-state index contributed by atoms with van der Waals surface area (Å²) in [7, 11) is -1.21. The van der Waals surface area contributed by atoms with Crippen molar-refractivity contribution in [2.45, 2.75) is 33.2 Å². The molecule has 0 aliphatic carbocycles. The first-order valence-corrected chi connectivity index (χ1v) is 10.7. The number of halogens is 1. The van der Waals surface area contributed by atoms with E-state index in [1.807, 2.05) is 25.1 Å². The van der Waals surface area contributed by atoms with Crippen molar-refractivity contribution in [2.75, 3.05) is 0 Å². The van der Waals surface area contributed by atoms with Gasteiger partial charge in [0, 0.05) is 5.02 Å². The molecule has 20 heavy (non-hydrogen) atoms. The molecule has 2 aromatic rings. The predicted molar refractivity (Wildman–Crippen MR) is 89.9 cm³/mol. The van der Waals surface area contributed by atoms with Crippen LogP contribution in [0.15, 0.2) is 42.5 Å². The summed E-state index contributed by atoms with van der Waals surface area (Å²) in [6.45, 7) is 9.64. The topological polar surface area (TPSA) is 9.23 Å². The molecular formula is C17H21ClOSi. The lowest BCUT2D eigenvalue weighted by atomic mass is 10.2. The van der Waals surface area contributed by atoms with Crippen LogP contribution in [0.3, 0.4) is 0 Å². The first-order chi connectivity index (χ1) is 9.36. The SMILES string of the molecule is Cc1cc(OCc2ccc([Si](C)(C)C)cc2)ccc1Cl. The minimum atomic E-state index is -1.21. The maximum atomic E-state index is 6.01. The number of benzene rings is 2. The highest BCUT2D eigenvalue weighted by Crippen LogP contribution is 2.21. The Morgan fingerprint density at radius 3 is 2.20 bits per heavy atom. The minimum Gasteiger partial charge on any atom is -0.489 e. The molecule has 0 radical (unpaired) electrons. The van der Waals surface area contributed by atoms with Gasteiger partial charge in [-0.2, -0.15) is 0 Å². The van der Waals surface area contributed by atoms with Gasteiger partial charge in [0.05, 0.1) is 8.07 Å². The molecule has 0 saturated heterocycles. The van der Waals surface area contributed by atoms with E-state index in [2.05, 4.69) is 43.9 Å². The van der Waals surface area contributed by atoms with Crippen molar-refractivity contribution in [3.8, 4) is 5.75 Å². The Labute approximate surface area is 127 Å². The number of ether oxygens (including phenoxy) is 1. The fraction of sp³-hybridized carbons (Fsp3) is 0.294. The molecule has 0 aliphatic rings. The van der Waals surface area contributed by atoms with Gasteiger partial charge in [-0.25, -0.2) is 0 Å². The zero-order chi connectivity index (χ0) is 14.8. The van der Waals surface area contributed by atoms with Crippen molar-refractivity contribution in [1.82, 2.24) is 0 Å². The Kier molecular flexibility index (Phi) is 4.56. The van der Waals surface area contributed by atoms with Crippen LogP contribution in [0.4, 0.5) is 0 Å². The molecule has 3 heteroatoms. The predicted octanol–water partition coefficient (Wildman–Crippen LogP) is 4.77. The molecule has 0 aromatic heterocycles. The van der Waals surface area contributed by atoms with Crippen LogP contribution in [0.5, 0.6) is 5.75 Å². The molecule has 1 nitrogen and oxygen atoms in total. The fourth-order valence-electron chi connectivity index (χ4n) is 1.97. The summed E-state index contributed by atoms with van der Waals surface area (Å²) in [5, 5.41) is 2.25. The largest absolute Gasteiger partial charge is 0.489 e. The van der Waals surface area contributed by atoms with Gasteiger partial charge in [0.1, 0.15) is 12.4 Å². The van der Waals surface area contributed by atoms with E-state index >= 15 is 0 Å². The normalized spacial score (nSPS) is 11.4. The lowest BCUT2D eigenvalue weighted by Gasteiger charge is -2.17. The van der Waals surface area contributed by atoms with E-state index in [4.69, 9.17) is 16.3 Å². The second-order valence-corrected chi connectivity index (χ2v) is 11.6. The Morgan fingerprint density at radius 1 is 1.00 bits per heavy atom. The fourth-order valence-corrected chi connectivity index (χ4v) is 3.26. The van der Waals surface area contributed by atoms with Crippen LogP contribution in [-0.4, -0.2) is 8.07 Å². The minimum absolute atomic E-state index is 0.590. The smallest absolute Gasteiger partial charge is 0.120 e. The first kappa shape index (κ1) is 15.1. The van der Waals surface area contributed by atoms with Crippen molar-refractivity contribution in [2.24, 2.45) is 0 Å². The lowest BCUT2D eigenvalue weighted by Crippen LogP contribution is -2.37. The van der Waals surface area contributed by atoms with Gasteiger partial charge in [-0.1, -0.05) is 60.7 Å². The van der Waals surface area contributed by atoms with Crippen LogP contribution in [0.2, 0.25) is 24.7 Å². The molecule has 0 amide bonds. The van der Waals surface area contributed by atoms with Crippen LogP contribution in [0.25, 0.3) is 0 Å². The van der Waals surface area contributed by atoms with Crippen LogP contribution < -0.4 is 9.92 Å². The second-order valence-electron chi connectivity index (χ2n) is 6.15. The highest BCUT2D eigenvalue weighted by molar-refractivity contribution is 6.88. The van der Waals surface area contributed by atoms with Gasteiger partial charge in [-0.3, -0.25) is 0 Å². The molecule has 0 spiro atoms. The van der Waals surface area contributed by atoms with Crippen LogP contribution in [-0.2, 0) is 6.61 Å². The summed E-state index contributed by atoms with van der Waals surface area (Å²) in [4.78, 5) is 0. The quantitative estimate of drug-likeness (QED) is 0.739. The Bertz CT molecular complexity index is 585. The molecule has 0 fully saturated rings. The van der Waals surface area contributed by atoms with Crippen molar-refractivity contribution in [1.29, 1.82) is 0 Å². The number of hydrogen-bond donors (Lipinski definition) is 0. The molecule has 0 heterocycles. The third-order valence-electron chi connectivity index (χ3n) is 3.35. The van der Waals surface area contributed by atoms with Crippen molar-refractivity contribution >= 4 is 24.9 Å². The van der Waals surface area contributed by atoms with Gasteiger partial charge in [-0.15, -0.1) is 0 Å². The Morgan fingerprint density at radius 2 is 1.65 bits per heavy atom. The van der Waals surface area contributed by atoms with Gasteiger partial charge in [0.15, 0.2) is 0 Å². The van der Waals surface area contributed by atoms with Gasteiger partial charge in [0.25, 0.3) is 0 Å². The third-order valence-corrected chi connectivity index (χ3v) is 5.84. The standard InChI is InChI=1S/C17H21ClOSi/c1-13-11-15(7-10-17(13)18)19-12-14-5-8-16(9-6-14)20(2,3)4/h5-11H,12H2,1-4H3. The molecule has 0 bridgehead atoms. The molecule has 0 atom stereocenters. The summed E-state index contributed by atoms with van der Waals surface area (Å²) >= 11 is 6.01. The van der Waals surface area contributed by atoms with Gasteiger partial charge >= 0.3 is 0 Å². The number of aryl methyl sites for hydroxylation is 1. The number of rotatable bonds is 4. The average Bonchev–Trinajstić information content (AvgIpc) is 2.40. The number of hydrogen-bond acceptors (Lipinski definition) is 1. The molecular weight excluding hydrogens is 284 g/mol. The van der Waals surface area contributed by atoms with Crippen molar-refractivity contribution < 1.29 is 4.74 Å². The van der Waals surface area contributed by atoms with Crippen molar-refractivity contribution in [3.63, 3.8) is 0 Å². The van der Waals surface area contributed by atoms with Gasteiger partial charge < -0.3 is 4.74 Å².